The van der Waals surface area contributed by atoms with Crippen molar-refractivity contribution in [2.24, 2.45) is 5.73 Å². The standard InChI is InChI=1S/C10H14ClNO2S/c1-2-15(13,14)7-10(12)8-3-5-9(11)6-4-8/h3-6,10H,2,7,12H2,1H3/t10-/m1/s1. The Bertz CT molecular complexity index is 414. The summed E-state index contributed by atoms with van der Waals surface area (Å²) < 4.78 is 22.7. The van der Waals surface area contributed by atoms with Crippen molar-refractivity contribution in [1.82, 2.24) is 0 Å². The molecule has 0 spiro atoms. The van der Waals surface area contributed by atoms with E-state index in [9.17, 15) is 8.42 Å². The second kappa shape index (κ2) is 4.96. The van der Waals surface area contributed by atoms with Crippen LogP contribution in [0.15, 0.2) is 24.3 Å². The maximum atomic E-state index is 11.3. The Kier molecular flexibility index (Phi) is 4.13. The molecular formula is C10H14ClNO2S. The Morgan fingerprint density at radius 2 is 1.87 bits per heavy atom. The van der Waals surface area contributed by atoms with E-state index >= 15 is 0 Å². The Morgan fingerprint density at radius 3 is 2.33 bits per heavy atom. The lowest BCUT2D eigenvalue weighted by Gasteiger charge is -2.11. The van der Waals surface area contributed by atoms with Crippen molar-refractivity contribution in [3.05, 3.63) is 34.9 Å². The molecule has 0 aliphatic carbocycles. The average molecular weight is 248 g/mol. The predicted molar refractivity (Wildman–Crippen MR) is 62.7 cm³/mol. The van der Waals surface area contributed by atoms with Gasteiger partial charge in [0.05, 0.1) is 5.75 Å². The molecule has 0 aliphatic rings. The Hall–Kier alpha value is -0.580. The Balaban J connectivity index is 2.78. The lowest BCUT2D eigenvalue weighted by Crippen LogP contribution is -2.22. The molecule has 0 saturated carbocycles. The SMILES string of the molecule is CCS(=O)(=O)C[C@@H](N)c1ccc(Cl)cc1. The molecule has 1 aromatic rings. The Labute approximate surface area is 95.2 Å². The molecule has 0 unspecified atom stereocenters. The fourth-order valence-electron chi connectivity index (χ4n) is 1.20. The molecule has 1 aromatic carbocycles. The number of benzene rings is 1. The number of hydrogen-bond donors (Lipinski definition) is 1. The zero-order valence-corrected chi connectivity index (χ0v) is 10.1. The lowest BCUT2D eigenvalue weighted by atomic mass is 10.1. The Morgan fingerprint density at radius 1 is 1.33 bits per heavy atom. The van der Waals surface area contributed by atoms with Gasteiger partial charge in [-0.05, 0) is 17.7 Å². The van der Waals surface area contributed by atoms with E-state index in [1.54, 1.807) is 31.2 Å². The van der Waals surface area contributed by atoms with E-state index in [0.717, 1.165) is 5.56 Å². The van der Waals surface area contributed by atoms with Crippen LogP contribution in [0.1, 0.15) is 18.5 Å². The van der Waals surface area contributed by atoms with E-state index in [-0.39, 0.29) is 11.5 Å². The lowest BCUT2D eigenvalue weighted by molar-refractivity contribution is 0.590. The van der Waals surface area contributed by atoms with Gasteiger partial charge in [0.15, 0.2) is 9.84 Å². The van der Waals surface area contributed by atoms with Gasteiger partial charge in [0.2, 0.25) is 0 Å². The van der Waals surface area contributed by atoms with Crippen molar-refractivity contribution in [1.29, 1.82) is 0 Å². The normalized spacial score (nSPS) is 13.8. The minimum Gasteiger partial charge on any atom is -0.323 e. The zero-order valence-electron chi connectivity index (χ0n) is 8.48. The highest BCUT2D eigenvalue weighted by Gasteiger charge is 2.15. The average Bonchev–Trinajstić information content (AvgIpc) is 2.18. The molecule has 3 nitrogen and oxygen atoms in total. The third kappa shape index (κ3) is 3.81. The van der Waals surface area contributed by atoms with E-state index in [0.29, 0.717) is 5.02 Å². The molecule has 0 fully saturated rings. The molecule has 1 rings (SSSR count). The van der Waals surface area contributed by atoms with Crippen molar-refractivity contribution < 1.29 is 8.42 Å². The van der Waals surface area contributed by atoms with Crippen molar-refractivity contribution >= 4 is 21.4 Å². The largest absolute Gasteiger partial charge is 0.323 e. The van der Waals surface area contributed by atoms with Gasteiger partial charge in [0, 0.05) is 16.8 Å². The van der Waals surface area contributed by atoms with Gasteiger partial charge in [-0.3, -0.25) is 0 Å². The van der Waals surface area contributed by atoms with Crippen LogP contribution in [0.4, 0.5) is 0 Å². The maximum absolute atomic E-state index is 11.3. The van der Waals surface area contributed by atoms with Crippen LogP contribution in [0.25, 0.3) is 0 Å². The quantitative estimate of drug-likeness (QED) is 0.882. The molecule has 0 bridgehead atoms. The second-order valence-corrected chi connectivity index (χ2v) is 6.19. The van der Waals surface area contributed by atoms with E-state index in [2.05, 4.69) is 0 Å². The molecule has 2 N–H and O–H groups in total. The maximum Gasteiger partial charge on any atom is 0.151 e. The molecule has 0 radical (unpaired) electrons. The van der Waals surface area contributed by atoms with Crippen LogP contribution >= 0.6 is 11.6 Å². The number of sulfone groups is 1. The number of hydrogen-bond acceptors (Lipinski definition) is 3. The highest BCUT2D eigenvalue weighted by Crippen LogP contribution is 2.16. The zero-order chi connectivity index (χ0) is 11.5. The van der Waals surface area contributed by atoms with Gasteiger partial charge in [-0.2, -0.15) is 0 Å². The third-order valence-corrected chi connectivity index (χ3v) is 4.17. The van der Waals surface area contributed by atoms with E-state index in [1.165, 1.54) is 0 Å². The van der Waals surface area contributed by atoms with E-state index in [1.807, 2.05) is 0 Å². The van der Waals surface area contributed by atoms with Gasteiger partial charge in [0.25, 0.3) is 0 Å². The van der Waals surface area contributed by atoms with Crippen LogP contribution < -0.4 is 5.73 Å². The summed E-state index contributed by atoms with van der Waals surface area (Å²) >= 11 is 5.72. The highest BCUT2D eigenvalue weighted by molar-refractivity contribution is 7.91. The molecular weight excluding hydrogens is 234 g/mol. The van der Waals surface area contributed by atoms with Crippen molar-refractivity contribution in [2.75, 3.05) is 11.5 Å². The molecule has 0 aromatic heterocycles. The second-order valence-electron chi connectivity index (χ2n) is 3.36. The highest BCUT2D eigenvalue weighted by atomic mass is 35.5. The van der Waals surface area contributed by atoms with E-state index in [4.69, 9.17) is 17.3 Å². The van der Waals surface area contributed by atoms with Crippen molar-refractivity contribution in [2.45, 2.75) is 13.0 Å². The molecule has 0 saturated heterocycles. The minimum absolute atomic E-state index is 0.0227. The van der Waals surface area contributed by atoms with Gasteiger partial charge in [0.1, 0.15) is 0 Å². The number of halogens is 1. The first-order valence-electron chi connectivity index (χ1n) is 4.66. The van der Waals surface area contributed by atoms with Crippen LogP contribution in [-0.2, 0) is 9.84 Å². The topological polar surface area (TPSA) is 60.2 Å². The van der Waals surface area contributed by atoms with Gasteiger partial charge in [-0.1, -0.05) is 30.7 Å². The summed E-state index contributed by atoms with van der Waals surface area (Å²) in [5.41, 5.74) is 6.57. The fraction of sp³-hybridized carbons (Fsp3) is 0.400. The summed E-state index contributed by atoms with van der Waals surface area (Å²) in [6.07, 6.45) is 0. The fourth-order valence-corrected chi connectivity index (χ4v) is 2.30. The van der Waals surface area contributed by atoms with Gasteiger partial charge in [-0.15, -0.1) is 0 Å². The minimum atomic E-state index is -3.03. The summed E-state index contributed by atoms with van der Waals surface area (Å²) in [6, 6.07) is 6.42. The molecule has 5 heteroatoms. The first-order chi connectivity index (χ1) is 6.94. The first-order valence-corrected chi connectivity index (χ1v) is 6.86. The van der Waals surface area contributed by atoms with Crippen LogP contribution in [-0.4, -0.2) is 19.9 Å². The monoisotopic (exact) mass is 247 g/mol. The molecule has 1 atom stereocenters. The van der Waals surface area contributed by atoms with E-state index < -0.39 is 15.9 Å². The number of rotatable bonds is 4. The number of nitrogens with two attached hydrogens (primary N) is 1. The van der Waals surface area contributed by atoms with Crippen LogP contribution in [0.5, 0.6) is 0 Å². The smallest absolute Gasteiger partial charge is 0.151 e. The van der Waals surface area contributed by atoms with Crippen LogP contribution in [0, 0.1) is 0 Å². The molecule has 84 valence electrons. The summed E-state index contributed by atoms with van der Waals surface area (Å²) in [5.74, 6) is 0.0966. The van der Waals surface area contributed by atoms with Crippen molar-refractivity contribution in [3.63, 3.8) is 0 Å². The molecule has 0 heterocycles. The van der Waals surface area contributed by atoms with Gasteiger partial charge < -0.3 is 5.73 Å². The summed E-state index contributed by atoms with van der Waals surface area (Å²) in [4.78, 5) is 0. The van der Waals surface area contributed by atoms with Crippen LogP contribution in [0.3, 0.4) is 0 Å². The first kappa shape index (κ1) is 12.5. The predicted octanol–water partition coefficient (Wildman–Crippen LogP) is 1.77. The molecule has 0 amide bonds. The van der Waals surface area contributed by atoms with Crippen LogP contribution in [0.2, 0.25) is 5.02 Å². The van der Waals surface area contributed by atoms with Gasteiger partial charge >= 0.3 is 0 Å². The van der Waals surface area contributed by atoms with Crippen molar-refractivity contribution in [3.8, 4) is 0 Å². The van der Waals surface area contributed by atoms with Gasteiger partial charge in [-0.25, -0.2) is 8.42 Å². The molecule has 0 aliphatic heterocycles. The molecule has 15 heavy (non-hydrogen) atoms. The third-order valence-electron chi connectivity index (χ3n) is 2.17. The summed E-state index contributed by atoms with van der Waals surface area (Å²) in [6.45, 7) is 1.61. The summed E-state index contributed by atoms with van der Waals surface area (Å²) in [7, 11) is -3.03. The summed E-state index contributed by atoms with van der Waals surface area (Å²) in [5, 5.41) is 0.615.